The van der Waals surface area contributed by atoms with E-state index < -0.39 is 25.0 Å². The molecule has 4 heterocycles. The molecule has 0 aromatic carbocycles. The first-order chi connectivity index (χ1) is 16.7. The number of aromatic nitrogens is 4. The highest BCUT2D eigenvalue weighted by Gasteiger charge is 2.34. The number of anilines is 1. The van der Waals surface area contributed by atoms with Gasteiger partial charge in [-0.15, -0.1) is 13.2 Å². The molecule has 0 spiro atoms. The normalized spacial score (nSPS) is 13.9. The number of nitrogens with zero attached hydrogens (tertiary/aromatic N) is 6. The van der Waals surface area contributed by atoms with Crippen LogP contribution in [0, 0.1) is 0 Å². The van der Waals surface area contributed by atoms with Gasteiger partial charge >= 0.3 is 18.4 Å². The number of aryl methyl sites for hydroxylation is 1. The smallest absolute Gasteiger partial charge is 0.456 e. The Labute approximate surface area is 197 Å². The summed E-state index contributed by atoms with van der Waals surface area (Å²) in [5, 5.41) is 6.60. The zero-order chi connectivity index (χ0) is 25.0. The molecule has 0 unspecified atom stereocenters. The van der Waals surface area contributed by atoms with Crippen molar-refractivity contribution in [2.75, 3.05) is 31.6 Å². The summed E-state index contributed by atoms with van der Waals surface area (Å²) < 4.78 is 47.4. The molecule has 1 fully saturated rings. The number of halogens is 3. The Morgan fingerprint density at radius 2 is 1.97 bits per heavy atom. The van der Waals surface area contributed by atoms with E-state index >= 15 is 0 Å². The molecule has 0 saturated carbocycles. The third-order valence-corrected chi connectivity index (χ3v) is 4.91. The van der Waals surface area contributed by atoms with E-state index in [4.69, 9.17) is 4.74 Å². The van der Waals surface area contributed by atoms with Gasteiger partial charge in [0.15, 0.2) is 0 Å². The molecule has 3 aromatic rings. The number of hydrogen-bond donors (Lipinski definition) is 1. The standard InChI is InChI=1S/C21H20F3N7O4/c1-29-13-14(11-27-29)17-10-15(4-5-25-17)35-16-2-3-18(26-12-16)28-19(32)31-7-6-30(20(31)33)8-9-34-21(22,23)24/h2-5,10-13H,6-9H2,1H3,(H,26,28,32). The summed E-state index contributed by atoms with van der Waals surface area (Å²) in [6, 6.07) is 5.05. The molecule has 1 aliphatic heterocycles. The van der Waals surface area contributed by atoms with Crippen molar-refractivity contribution in [1.82, 2.24) is 29.5 Å². The second-order valence-electron chi connectivity index (χ2n) is 7.41. The molecule has 35 heavy (non-hydrogen) atoms. The lowest BCUT2D eigenvalue weighted by Crippen LogP contribution is -2.40. The Morgan fingerprint density at radius 1 is 1.14 bits per heavy atom. The van der Waals surface area contributed by atoms with Gasteiger partial charge in [0.25, 0.3) is 0 Å². The summed E-state index contributed by atoms with van der Waals surface area (Å²) in [6.45, 7) is -0.876. The van der Waals surface area contributed by atoms with Gasteiger partial charge in [0, 0.05) is 50.7 Å². The number of urea groups is 2. The van der Waals surface area contributed by atoms with Crippen molar-refractivity contribution >= 4 is 17.9 Å². The summed E-state index contributed by atoms with van der Waals surface area (Å²) in [7, 11) is 1.80. The van der Waals surface area contributed by atoms with Gasteiger partial charge in [-0.1, -0.05) is 0 Å². The van der Waals surface area contributed by atoms with Gasteiger partial charge < -0.3 is 9.64 Å². The highest BCUT2D eigenvalue weighted by atomic mass is 19.4. The van der Waals surface area contributed by atoms with Crippen molar-refractivity contribution < 1.29 is 32.2 Å². The number of rotatable bonds is 7. The van der Waals surface area contributed by atoms with Crippen LogP contribution in [0.5, 0.6) is 11.5 Å². The van der Waals surface area contributed by atoms with Crippen molar-refractivity contribution in [1.29, 1.82) is 0 Å². The molecule has 1 N–H and O–H groups in total. The molecule has 0 radical (unpaired) electrons. The predicted octanol–water partition coefficient (Wildman–Crippen LogP) is 3.48. The quantitative estimate of drug-likeness (QED) is 0.538. The highest BCUT2D eigenvalue weighted by molar-refractivity contribution is 6.01. The number of imide groups is 1. The number of pyridine rings is 2. The van der Waals surface area contributed by atoms with Crippen LogP contribution in [0.25, 0.3) is 11.3 Å². The van der Waals surface area contributed by atoms with Gasteiger partial charge in [-0.3, -0.25) is 19.7 Å². The molecule has 4 rings (SSSR count). The first kappa shape index (κ1) is 23.9. The zero-order valence-electron chi connectivity index (χ0n) is 18.4. The van der Waals surface area contributed by atoms with Crippen LogP contribution in [0.1, 0.15) is 0 Å². The van der Waals surface area contributed by atoms with Crippen molar-refractivity contribution in [2.45, 2.75) is 6.36 Å². The molecule has 0 aliphatic carbocycles. The number of amides is 4. The van der Waals surface area contributed by atoms with Crippen molar-refractivity contribution in [3.05, 3.63) is 49.1 Å². The van der Waals surface area contributed by atoms with E-state index in [-0.39, 0.29) is 25.5 Å². The third-order valence-electron chi connectivity index (χ3n) is 4.91. The van der Waals surface area contributed by atoms with E-state index in [1.807, 2.05) is 6.20 Å². The lowest BCUT2D eigenvalue weighted by Gasteiger charge is -2.18. The minimum atomic E-state index is -4.78. The van der Waals surface area contributed by atoms with Crippen LogP contribution in [-0.4, -0.2) is 74.2 Å². The monoisotopic (exact) mass is 491 g/mol. The molecular formula is C21H20F3N7O4. The van der Waals surface area contributed by atoms with Crippen LogP contribution in [0.2, 0.25) is 0 Å². The Balaban J connectivity index is 1.31. The molecule has 184 valence electrons. The van der Waals surface area contributed by atoms with Gasteiger partial charge in [0.05, 0.1) is 24.7 Å². The summed E-state index contributed by atoms with van der Waals surface area (Å²) in [5.74, 6) is 1.09. The average molecular weight is 491 g/mol. The van der Waals surface area contributed by atoms with Gasteiger partial charge in [-0.25, -0.2) is 19.5 Å². The van der Waals surface area contributed by atoms with Crippen LogP contribution in [0.4, 0.5) is 28.6 Å². The summed E-state index contributed by atoms with van der Waals surface area (Å²) >= 11 is 0. The average Bonchev–Trinajstić information content (AvgIpc) is 3.40. The molecule has 0 atom stereocenters. The fourth-order valence-corrected chi connectivity index (χ4v) is 3.26. The number of carbonyl (C=O) groups is 2. The molecular weight excluding hydrogens is 471 g/mol. The number of nitrogens with one attached hydrogen (secondary N) is 1. The van der Waals surface area contributed by atoms with Crippen LogP contribution in [-0.2, 0) is 11.8 Å². The molecule has 0 bridgehead atoms. The molecule has 3 aromatic heterocycles. The van der Waals surface area contributed by atoms with Crippen molar-refractivity contribution in [2.24, 2.45) is 7.05 Å². The molecule has 1 aliphatic rings. The van der Waals surface area contributed by atoms with Gasteiger partial charge in [-0.05, 0) is 18.2 Å². The van der Waals surface area contributed by atoms with Crippen LogP contribution in [0.15, 0.2) is 49.1 Å². The summed E-state index contributed by atoms with van der Waals surface area (Å²) in [4.78, 5) is 35.1. The Morgan fingerprint density at radius 3 is 2.66 bits per heavy atom. The van der Waals surface area contributed by atoms with Gasteiger partial charge in [-0.2, -0.15) is 5.10 Å². The summed E-state index contributed by atoms with van der Waals surface area (Å²) in [6.07, 6.45) is 1.73. The van der Waals surface area contributed by atoms with E-state index in [1.165, 1.54) is 12.3 Å². The van der Waals surface area contributed by atoms with Crippen LogP contribution >= 0.6 is 0 Å². The fourth-order valence-electron chi connectivity index (χ4n) is 3.26. The number of hydrogen-bond acceptors (Lipinski definition) is 7. The van der Waals surface area contributed by atoms with E-state index in [1.54, 1.807) is 42.3 Å². The number of carbonyl (C=O) groups excluding carboxylic acids is 2. The second kappa shape index (κ2) is 9.97. The zero-order valence-corrected chi connectivity index (χ0v) is 18.4. The Bertz CT molecular complexity index is 1200. The fraction of sp³-hybridized carbons (Fsp3) is 0.286. The minimum Gasteiger partial charge on any atom is -0.456 e. The van der Waals surface area contributed by atoms with Crippen molar-refractivity contribution in [3.8, 4) is 22.8 Å². The lowest BCUT2D eigenvalue weighted by atomic mass is 10.2. The first-order valence-electron chi connectivity index (χ1n) is 10.3. The Hall–Kier alpha value is -4.20. The molecule has 14 heteroatoms. The van der Waals surface area contributed by atoms with E-state index in [0.717, 1.165) is 15.4 Å². The number of ether oxygens (including phenoxy) is 2. The van der Waals surface area contributed by atoms with Crippen LogP contribution in [0.3, 0.4) is 0 Å². The first-order valence-corrected chi connectivity index (χ1v) is 10.3. The van der Waals surface area contributed by atoms with E-state index in [9.17, 15) is 22.8 Å². The Kier molecular flexibility index (Phi) is 6.82. The largest absolute Gasteiger partial charge is 0.522 e. The third kappa shape index (κ3) is 6.23. The van der Waals surface area contributed by atoms with Crippen molar-refractivity contribution in [3.63, 3.8) is 0 Å². The SMILES string of the molecule is Cn1cc(-c2cc(Oc3ccc(NC(=O)N4CCN(CCOC(F)(F)F)C4=O)nc3)ccn2)cn1. The van der Waals surface area contributed by atoms with Gasteiger partial charge in [0.1, 0.15) is 17.3 Å². The maximum atomic E-state index is 12.4. The number of alkyl halides is 3. The summed E-state index contributed by atoms with van der Waals surface area (Å²) in [5.41, 5.74) is 1.51. The van der Waals surface area contributed by atoms with Crippen LogP contribution < -0.4 is 10.1 Å². The second-order valence-corrected chi connectivity index (χ2v) is 7.41. The van der Waals surface area contributed by atoms with Gasteiger partial charge in [0.2, 0.25) is 0 Å². The highest BCUT2D eigenvalue weighted by Crippen LogP contribution is 2.25. The maximum absolute atomic E-state index is 12.4. The predicted molar refractivity (Wildman–Crippen MR) is 115 cm³/mol. The minimum absolute atomic E-state index is 0.0270. The lowest BCUT2D eigenvalue weighted by molar-refractivity contribution is -0.324. The van der Waals surface area contributed by atoms with E-state index in [0.29, 0.717) is 17.2 Å². The maximum Gasteiger partial charge on any atom is 0.522 e. The topological polar surface area (TPSA) is 115 Å². The van der Waals surface area contributed by atoms with E-state index in [2.05, 4.69) is 25.1 Å². The molecule has 1 saturated heterocycles. The molecule has 11 nitrogen and oxygen atoms in total. The molecule has 4 amide bonds.